The van der Waals surface area contributed by atoms with Crippen molar-refractivity contribution in [3.8, 4) is 5.75 Å². The predicted octanol–water partition coefficient (Wildman–Crippen LogP) is 4.78. The smallest absolute Gasteiger partial charge is 0.161 e. The lowest BCUT2D eigenvalue weighted by Gasteiger charge is -2.26. The number of nitrogens with two attached hydrogens (primary N) is 1. The van der Waals surface area contributed by atoms with Gasteiger partial charge >= 0.3 is 0 Å². The first-order valence-electron chi connectivity index (χ1n) is 7.14. The number of fused-ring (bicyclic) bond motifs is 1. The molecular weight excluding hydrogens is 333 g/mol. The summed E-state index contributed by atoms with van der Waals surface area (Å²) < 4.78 is 8.11. The molecule has 0 spiro atoms. The molecule has 1 aromatic heterocycles. The fourth-order valence-corrected chi connectivity index (χ4v) is 3.08. The quantitative estimate of drug-likeness (QED) is 0.692. The average Bonchev–Trinajstić information content (AvgIpc) is 2.79. The van der Waals surface area contributed by atoms with Gasteiger partial charge in [-0.25, -0.2) is 4.98 Å². The topological polar surface area (TPSA) is 53.1 Å². The van der Waals surface area contributed by atoms with Gasteiger partial charge in [0.25, 0.3) is 0 Å². The third-order valence-electron chi connectivity index (χ3n) is 3.70. The summed E-state index contributed by atoms with van der Waals surface area (Å²) in [5, 5.41) is 1.03. The van der Waals surface area contributed by atoms with Gasteiger partial charge in [-0.15, -0.1) is 0 Å². The summed E-state index contributed by atoms with van der Waals surface area (Å²) in [7, 11) is 1.95. The maximum atomic E-state index is 6.21. The molecule has 6 heteroatoms. The van der Waals surface area contributed by atoms with E-state index in [-0.39, 0.29) is 0 Å². The van der Waals surface area contributed by atoms with Crippen LogP contribution < -0.4 is 10.5 Å². The molecule has 0 saturated heterocycles. The minimum Gasteiger partial charge on any atom is -0.478 e. The zero-order valence-electron chi connectivity index (χ0n) is 13.1. The van der Waals surface area contributed by atoms with Crippen LogP contribution in [0.25, 0.3) is 11.0 Å². The molecule has 0 aliphatic heterocycles. The van der Waals surface area contributed by atoms with Gasteiger partial charge in [-0.3, -0.25) is 0 Å². The Hall–Kier alpha value is -1.91. The molecule has 0 aliphatic rings. The van der Waals surface area contributed by atoms with Gasteiger partial charge in [0.05, 0.1) is 16.1 Å². The third kappa shape index (κ3) is 2.96. The lowest BCUT2D eigenvalue weighted by Crippen LogP contribution is -2.29. The first kappa shape index (κ1) is 16.0. The summed E-state index contributed by atoms with van der Waals surface area (Å²) in [6.07, 6.45) is 0. The predicted molar refractivity (Wildman–Crippen MR) is 95.2 cm³/mol. The second kappa shape index (κ2) is 5.62. The molecule has 0 radical (unpaired) electrons. The fraction of sp³-hybridized carbons (Fsp3) is 0.235. The Labute approximate surface area is 144 Å². The first-order valence-corrected chi connectivity index (χ1v) is 7.90. The molecule has 0 aliphatic carbocycles. The van der Waals surface area contributed by atoms with Crippen LogP contribution in [0, 0.1) is 0 Å². The Morgan fingerprint density at radius 1 is 1.13 bits per heavy atom. The highest BCUT2D eigenvalue weighted by atomic mass is 35.5. The number of aromatic nitrogens is 2. The van der Waals surface area contributed by atoms with E-state index < -0.39 is 5.60 Å². The number of rotatable bonds is 3. The number of hydrogen-bond donors (Lipinski definition) is 1. The van der Waals surface area contributed by atoms with Gasteiger partial charge in [0, 0.05) is 17.8 Å². The molecule has 0 atom stereocenters. The number of ether oxygens (including phenoxy) is 1. The Kier molecular flexibility index (Phi) is 3.90. The van der Waals surface area contributed by atoms with Crippen LogP contribution in [-0.4, -0.2) is 9.55 Å². The lowest BCUT2D eigenvalue weighted by molar-refractivity contribution is 0.0960. The van der Waals surface area contributed by atoms with Crippen LogP contribution in [0.15, 0.2) is 36.4 Å². The molecule has 3 aromatic rings. The van der Waals surface area contributed by atoms with E-state index >= 15 is 0 Å². The zero-order chi connectivity index (χ0) is 16.8. The van der Waals surface area contributed by atoms with Crippen LogP contribution in [0.5, 0.6) is 5.75 Å². The molecule has 0 fully saturated rings. The standard InChI is InChI=1S/C17H17Cl2N3O/c1-17(2,23-15-7-4-10(18)8-12(15)19)16-21-13-9-11(20)5-6-14(13)22(16)3/h4-9H,20H2,1-3H3. The molecule has 0 bridgehead atoms. The van der Waals surface area contributed by atoms with Gasteiger partial charge in [0.1, 0.15) is 5.75 Å². The van der Waals surface area contributed by atoms with Crippen molar-refractivity contribution in [2.75, 3.05) is 5.73 Å². The number of halogens is 2. The summed E-state index contributed by atoms with van der Waals surface area (Å²) in [6.45, 7) is 3.89. The number of anilines is 1. The second-order valence-corrected chi connectivity index (χ2v) is 6.77. The van der Waals surface area contributed by atoms with Gasteiger partial charge < -0.3 is 15.0 Å². The van der Waals surface area contributed by atoms with Crippen molar-refractivity contribution in [2.24, 2.45) is 7.05 Å². The maximum Gasteiger partial charge on any atom is 0.161 e. The van der Waals surface area contributed by atoms with E-state index in [4.69, 9.17) is 33.7 Å². The van der Waals surface area contributed by atoms with Gasteiger partial charge in [0.2, 0.25) is 0 Å². The number of aryl methyl sites for hydroxylation is 1. The Morgan fingerprint density at radius 3 is 2.57 bits per heavy atom. The van der Waals surface area contributed by atoms with Crippen LogP contribution in [0.3, 0.4) is 0 Å². The van der Waals surface area contributed by atoms with Crippen LogP contribution >= 0.6 is 23.2 Å². The van der Waals surface area contributed by atoms with Crippen LogP contribution in [0.4, 0.5) is 5.69 Å². The molecule has 0 unspecified atom stereocenters. The summed E-state index contributed by atoms with van der Waals surface area (Å²) in [4.78, 5) is 4.68. The minimum atomic E-state index is -0.681. The van der Waals surface area contributed by atoms with E-state index in [1.54, 1.807) is 18.2 Å². The van der Waals surface area contributed by atoms with Crippen molar-refractivity contribution < 1.29 is 4.74 Å². The van der Waals surface area contributed by atoms with Crippen molar-refractivity contribution in [1.82, 2.24) is 9.55 Å². The molecule has 4 nitrogen and oxygen atoms in total. The summed E-state index contributed by atoms with van der Waals surface area (Å²) in [5.41, 5.74) is 7.67. The number of imidazole rings is 1. The van der Waals surface area contributed by atoms with E-state index in [1.807, 2.05) is 43.7 Å². The molecule has 23 heavy (non-hydrogen) atoms. The highest BCUT2D eigenvalue weighted by Gasteiger charge is 2.29. The average molecular weight is 350 g/mol. The van der Waals surface area contributed by atoms with Crippen LogP contribution in [0.2, 0.25) is 10.0 Å². The van der Waals surface area contributed by atoms with Crippen molar-refractivity contribution >= 4 is 39.9 Å². The SMILES string of the molecule is Cn1c(C(C)(C)Oc2ccc(Cl)cc2Cl)nc2cc(N)ccc21. The summed E-state index contributed by atoms with van der Waals surface area (Å²) >= 11 is 12.1. The van der Waals surface area contributed by atoms with Crippen molar-refractivity contribution in [3.05, 3.63) is 52.3 Å². The normalized spacial score (nSPS) is 11.9. The molecule has 2 aromatic carbocycles. The minimum absolute atomic E-state index is 0.466. The van der Waals surface area contributed by atoms with Gasteiger partial charge in [0.15, 0.2) is 11.4 Å². The van der Waals surface area contributed by atoms with Crippen molar-refractivity contribution in [3.63, 3.8) is 0 Å². The molecule has 0 amide bonds. The number of nitrogens with zero attached hydrogens (tertiary/aromatic N) is 2. The first-order chi connectivity index (χ1) is 10.8. The van der Waals surface area contributed by atoms with Crippen molar-refractivity contribution in [2.45, 2.75) is 19.4 Å². The molecule has 0 saturated carbocycles. The van der Waals surface area contributed by atoms with E-state index in [0.29, 0.717) is 21.5 Å². The van der Waals surface area contributed by atoms with Gasteiger partial charge in [-0.1, -0.05) is 23.2 Å². The monoisotopic (exact) mass is 349 g/mol. The zero-order valence-corrected chi connectivity index (χ0v) is 14.6. The fourth-order valence-electron chi connectivity index (χ4n) is 2.63. The highest BCUT2D eigenvalue weighted by molar-refractivity contribution is 6.35. The number of nitrogen functional groups attached to an aromatic ring is 1. The van der Waals surface area contributed by atoms with Gasteiger partial charge in [-0.2, -0.15) is 0 Å². The summed E-state index contributed by atoms with van der Waals surface area (Å²) in [5.74, 6) is 1.34. The largest absolute Gasteiger partial charge is 0.478 e. The summed E-state index contributed by atoms with van der Waals surface area (Å²) in [6, 6.07) is 10.8. The van der Waals surface area contributed by atoms with E-state index in [2.05, 4.69) is 4.98 Å². The van der Waals surface area contributed by atoms with Gasteiger partial charge in [-0.05, 0) is 50.2 Å². The Morgan fingerprint density at radius 2 is 1.87 bits per heavy atom. The molecular formula is C17H17Cl2N3O. The van der Waals surface area contributed by atoms with E-state index in [1.165, 1.54) is 0 Å². The van der Waals surface area contributed by atoms with E-state index in [0.717, 1.165) is 16.9 Å². The third-order valence-corrected chi connectivity index (χ3v) is 4.23. The molecule has 120 valence electrons. The lowest BCUT2D eigenvalue weighted by atomic mass is 10.1. The number of benzene rings is 2. The highest BCUT2D eigenvalue weighted by Crippen LogP contribution is 2.34. The van der Waals surface area contributed by atoms with Crippen LogP contribution in [0.1, 0.15) is 19.7 Å². The maximum absolute atomic E-state index is 6.21. The molecule has 3 rings (SSSR count). The van der Waals surface area contributed by atoms with E-state index in [9.17, 15) is 0 Å². The second-order valence-electron chi connectivity index (χ2n) is 5.93. The van der Waals surface area contributed by atoms with Crippen LogP contribution in [-0.2, 0) is 12.6 Å². The Balaban J connectivity index is 2.03. The van der Waals surface area contributed by atoms with Crippen molar-refractivity contribution in [1.29, 1.82) is 0 Å². The molecule has 1 heterocycles. The molecule has 2 N–H and O–H groups in total. The number of hydrogen-bond acceptors (Lipinski definition) is 3. The Bertz CT molecular complexity index is 887.